The van der Waals surface area contributed by atoms with Crippen molar-refractivity contribution in [3.05, 3.63) is 42.0 Å². The van der Waals surface area contributed by atoms with E-state index in [1.165, 1.54) is 30.4 Å². The Morgan fingerprint density at radius 1 is 1.21 bits per heavy atom. The van der Waals surface area contributed by atoms with Crippen LogP contribution in [0.15, 0.2) is 36.4 Å². The largest absolute Gasteiger partial charge is 0.352 e. The topological polar surface area (TPSA) is 32.3 Å². The summed E-state index contributed by atoms with van der Waals surface area (Å²) in [5, 5.41) is 3.31. The Balaban J connectivity index is 1.55. The first kappa shape index (κ1) is 17.2. The Bertz CT molecular complexity index is 581. The Labute approximate surface area is 146 Å². The first-order valence-electron chi connectivity index (χ1n) is 9.44. The van der Waals surface area contributed by atoms with E-state index in [1.807, 2.05) is 6.92 Å². The van der Waals surface area contributed by atoms with Crippen molar-refractivity contribution < 1.29 is 4.79 Å². The molecule has 0 unspecified atom stereocenters. The molecule has 0 bridgehead atoms. The lowest BCUT2D eigenvalue weighted by molar-refractivity contribution is -0.127. The minimum absolute atomic E-state index is 0.0484. The molecule has 1 N–H and O–H groups in total. The van der Waals surface area contributed by atoms with Crippen molar-refractivity contribution in [3.63, 3.8) is 0 Å². The highest BCUT2D eigenvalue weighted by molar-refractivity contribution is 5.82. The molecule has 2 aliphatic rings. The quantitative estimate of drug-likeness (QED) is 0.911. The number of carbonyl (C=O) groups excluding carboxylic acids is 1. The molecule has 1 heterocycles. The van der Waals surface area contributed by atoms with Gasteiger partial charge in [-0.25, -0.2) is 0 Å². The fraction of sp³-hybridized carbons (Fsp3) is 0.571. The Kier molecular flexibility index (Phi) is 5.72. The van der Waals surface area contributed by atoms with Crippen LogP contribution < -0.4 is 5.32 Å². The number of nitrogens with one attached hydrogen (secondary N) is 1. The molecule has 0 radical (unpaired) electrons. The summed E-state index contributed by atoms with van der Waals surface area (Å²) in [6.07, 6.45) is 8.23. The second-order valence-electron chi connectivity index (χ2n) is 7.39. The standard InChI is InChI=1S/C21H30N2O/c1-16-8-6-7-11-20(16)22-21(24)17(2)23-14-12-19(13-15-23)18-9-4-3-5-10-18/h3-5,9-10,12,16-17,20H,6-8,11,13-15H2,1-2H3,(H,22,24)/t16-,17+,20-/m0/s1. The van der Waals surface area contributed by atoms with Crippen LogP contribution in [0.5, 0.6) is 0 Å². The smallest absolute Gasteiger partial charge is 0.237 e. The van der Waals surface area contributed by atoms with Gasteiger partial charge >= 0.3 is 0 Å². The van der Waals surface area contributed by atoms with E-state index in [0.29, 0.717) is 12.0 Å². The molecule has 1 saturated carbocycles. The number of nitrogens with zero attached hydrogens (tertiary/aromatic N) is 1. The molecular weight excluding hydrogens is 296 g/mol. The summed E-state index contributed by atoms with van der Waals surface area (Å²) in [6.45, 7) is 6.13. The number of hydrogen-bond acceptors (Lipinski definition) is 2. The molecule has 130 valence electrons. The fourth-order valence-electron chi connectivity index (χ4n) is 3.95. The van der Waals surface area contributed by atoms with Crippen LogP contribution in [0.2, 0.25) is 0 Å². The molecule has 1 aliphatic heterocycles. The molecule has 24 heavy (non-hydrogen) atoms. The van der Waals surface area contributed by atoms with E-state index < -0.39 is 0 Å². The zero-order valence-electron chi connectivity index (χ0n) is 15.0. The zero-order valence-corrected chi connectivity index (χ0v) is 15.0. The lowest BCUT2D eigenvalue weighted by atomic mass is 9.86. The van der Waals surface area contributed by atoms with Crippen molar-refractivity contribution in [1.82, 2.24) is 10.2 Å². The predicted molar refractivity (Wildman–Crippen MR) is 99.6 cm³/mol. The highest BCUT2D eigenvalue weighted by Gasteiger charge is 2.28. The molecule has 0 aromatic heterocycles. The van der Waals surface area contributed by atoms with Gasteiger partial charge in [-0.15, -0.1) is 0 Å². The maximum Gasteiger partial charge on any atom is 0.237 e. The van der Waals surface area contributed by atoms with Gasteiger partial charge in [0.15, 0.2) is 0 Å². The van der Waals surface area contributed by atoms with Gasteiger partial charge in [-0.2, -0.15) is 0 Å². The lowest BCUT2D eigenvalue weighted by Crippen LogP contribution is -2.51. The third kappa shape index (κ3) is 4.07. The SMILES string of the molecule is C[C@H](C(=O)N[C@H]1CCCC[C@@H]1C)N1CC=C(c2ccccc2)CC1. The highest BCUT2D eigenvalue weighted by Crippen LogP contribution is 2.25. The lowest BCUT2D eigenvalue weighted by Gasteiger charge is -2.34. The number of amides is 1. The molecular formula is C21H30N2O. The van der Waals surface area contributed by atoms with Crippen LogP contribution >= 0.6 is 0 Å². The van der Waals surface area contributed by atoms with Gasteiger partial charge in [0, 0.05) is 19.1 Å². The first-order chi connectivity index (χ1) is 11.6. The maximum absolute atomic E-state index is 12.6. The molecule has 1 aliphatic carbocycles. The van der Waals surface area contributed by atoms with Crippen LogP contribution in [-0.4, -0.2) is 36.0 Å². The number of hydrogen-bond donors (Lipinski definition) is 1. The van der Waals surface area contributed by atoms with E-state index in [4.69, 9.17) is 0 Å². The van der Waals surface area contributed by atoms with E-state index in [0.717, 1.165) is 25.9 Å². The summed E-state index contributed by atoms with van der Waals surface area (Å²) in [7, 11) is 0. The number of carbonyl (C=O) groups is 1. The number of rotatable bonds is 4. The van der Waals surface area contributed by atoms with E-state index in [2.05, 4.69) is 53.5 Å². The minimum Gasteiger partial charge on any atom is -0.352 e. The van der Waals surface area contributed by atoms with Crippen LogP contribution in [0, 0.1) is 5.92 Å². The average Bonchev–Trinajstić information content (AvgIpc) is 2.64. The van der Waals surface area contributed by atoms with Crippen molar-refractivity contribution in [2.75, 3.05) is 13.1 Å². The third-order valence-corrected chi connectivity index (χ3v) is 5.75. The molecule has 1 aromatic rings. The van der Waals surface area contributed by atoms with E-state index >= 15 is 0 Å². The molecule has 0 spiro atoms. The average molecular weight is 326 g/mol. The highest BCUT2D eigenvalue weighted by atomic mass is 16.2. The Morgan fingerprint density at radius 3 is 2.62 bits per heavy atom. The van der Waals surface area contributed by atoms with Gasteiger partial charge < -0.3 is 5.32 Å². The van der Waals surface area contributed by atoms with Gasteiger partial charge in [0.25, 0.3) is 0 Å². The number of benzene rings is 1. The Morgan fingerprint density at radius 2 is 1.96 bits per heavy atom. The van der Waals surface area contributed by atoms with Crippen molar-refractivity contribution >= 4 is 11.5 Å². The summed E-state index contributed by atoms with van der Waals surface area (Å²) < 4.78 is 0. The molecule has 3 nitrogen and oxygen atoms in total. The van der Waals surface area contributed by atoms with E-state index in [-0.39, 0.29) is 11.9 Å². The monoisotopic (exact) mass is 326 g/mol. The van der Waals surface area contributed by atoms with Gasteiger partial charge in [0.2, 0.25) is 5.91 Å². The molecule has 0 saturated heterocycles. The predicted octanol–water partition coefficient (Wildman–Crippen LogP) is 3.86. The summed E-state index contributed by atoms with van der Waals surface area (Å²) >= 11 is 0. The molecule has 1 aromatic carbocycles. The summed E-state index contributed by atoms with van der Waals surface area (Å²) in [5.74, 6) is 0.811. The summed E-state index contributed by atoms with van der Waals surface area (Å²) in [5.41, 5.74) is 2.71. The summed E-state index contributed by atoms with van der Waals surface area (Å²) in [6, 6.07) is 10.9. The van der Waals surface area contributed by atoms with Gasteiger partial charge in [-0.05, 0) is 43.2 Å². The fourth-order valence-corrected chi connectivity index (χ4v) is 3.95. The van der Waals surface area contributed by atoms with Crippen LogP contribution in [0.4, 0.5) is 0 Å². The Hall–Kier alpha value is -1.61. The molecule has 3 rings (SSSR count). The second kappa shape index (κ2) is 7.98. The first-order valence-corrected chi connectivity index (χ1v) is 9.44. The van der Waals surface area contributed by atoms with Crippen LogP contribution in [0.3, 0.4) is 0 Å². The third-order valence-electron chi connectivity index (χ3n) is 5.75. The maximum atomic E-state index is 12.6. The van der Waals surface area contributed by atoms with Gasteiger partial charge in [0.1, 0.15) is 0 Å². The minimum atomic E-state index is -0.0484. The van der Waals surface area contributed by atoms with Gasteiger partial charge in [-0.3, -0.25) is 9.69 Å². The zero-order chi connectivity index (χ0) is 16.9. The second-order valence-corrected chi connectivity index (χ2v) is 7.39. The van der Waals surface area contributed by atoms with E-state index in [9.17, 15) is 4.79 Å². The normalized spacial score (nSPS) is 26.5. The van der Waals surface area contributed by atoms with Crippen LogP contribution in [-0.2, 0) is 4.79 Å². The van der Waals surface area contributed by atoms with Gasteiger partial charge in [0.05, 0.1) is 6.04 Å². The van der Waals surface area contributed by atoms with Crippen molar-refractivity contribution in [3.8, 4) is 0 Å². The van der Waals surface area contributed by atoms with Crippen LogP contribution in [0.25, 0.3) is 5.57 Å². The van der Waals surface area contributed by atoms with Crippen molar-refractivity contribution in [1.29, 1.82) is 0 Å². The van der Waals surface area contributed by atoms with Gasteiger partial charge in [-0.1, -0.05) is 56.2 Å². The molecule has 3 atom stereocenters. The molecule has 1 amide bonds. The van der Waals surface area contributed by atoms with E-state index in [1.54, 1.807) is 0 Å². The van der Waals surface area contributed by atoms with Crippen molar-refractivity contribution in [2.24, 2.45) is 5.92 Å². The molecule has 1 fully saturated rings. The van der Waals surface area contributed by atoms with Crippen LogP contribution in [0.1, 0.15) is 51.5 Å². The molecule has 3 heteroatoms. The van der Waals surface area contributed by atoms with Crippen molar-refractivity contribution in [2.45, 2.75) is 58.0 Å². The summed E-state index contributed by atoms with van der Waals surface area (Å²) in [4.78, 5) is 14.9.